The Morgan fingerprint density at radius 1 is 1.22 bits per heavy atom. The first-order chi connectivity index (χ1) is 17.3. The van der Waals surface area contributed by atoms with Crippen molar-refractivity contribution in [2.24, 2.45) is 0 Å². The van der Waals surface area contributed by atoms with E-state index >= 15 is 0 Å². The molecule has 3 aromatic rings. The Morgan fingerprint density at radius 3 is 2.75 bits per heavy atom. The number of benzene rings is 2. The van der Waals surface area contributed by atoms with E-state index in [1.54, 1.807) is 42.2 Å². The smallest absolute Gasteiger partial charge is 0.387 e. The molecule has 3 aliphatic rings. The summed E-state index contributed by atoms with van der Waals surface area (Å²) < 4.78 is 30.4. The number of hydrogen-bond acceptors (Lipinski definition) is 5. The van der Waals surface area contributed by atoms with Gasteiger partial charge in [0.25, 0.3) is 5.91 Å². The van der Waals surface area contributed by atoms with Crippen molar-refractivity contribution in [1.82, 2.24) is 20.1 Å². The summed E-state index contributed by atoms with van der Waals surface area (Å²) in [7, 11) is 0. The van der Waals surface area contributed by atoms with Crippen molar-refractivity contribution in [1.29, 1.82) is 0 Å². The molecule has 1 aromatic heterocycles. The quantitative estimate of drug-likeness (QED) is 0.431. The normalized spacial score (nSPS) is 23.5. The van der Waals surface area contributed by atoms with Crippen LogP contribution >= 0.6 is 0 Å². The molecular weight excluding hydrogens is 470 g/mol. The Balaban J connectivity index is 1.47. The van der Waals surface area contributed by atoms with E-state index in [9.17, 15) is 23.5 Å². The van der Waals surface area contributed by atoms with Crippen molar-refractivity contribution in [2.75, 3.05) is 13.1 Å². The molecule has 8 nitrogen and oxygen atoms in total. The second-order valence-corrected chi connectivity index (χ2v) is 9.89. The number of hydrogen-bond donors (Lipinski definition) is 3. The number of nitrogens with one attached hydrogen (secondary N) is 2. The van der Waals surface area contributed by atoms with E-state index in [2.05, 4.69) is 15.0 Å². The average Bonchev–Trinajstić information content (AvgIpc) is 3.56. The van der Waals surface area contributed by atoms with E-state index in [1.807, 2.05) is 0 Å². The van der Waals surface area contributed by atoms with Crippen molar-refractivity contribution in [3.8, 4) is 11.5 Å². The fourth-order valence-electron chi connectivity index (χ4n) is 5.57. The molecule has 3 heterocycles. The molecule has 2 fully saturated rings. The number of nitrogens with zero attached hydrogens (tertiary/aromatic N) is 2. The second kappa shape index (κ2) is 8.19. The van der Waals surface area contributed by atoms with Crippen LogP contribution in [0, 0.1) is 0 Å². The number of halogens is 2. The predicted octanol–water partition coefficient (Wildman–Crippen LogP) is 3.90. The number of aromatic hydroxyl groups is 1. The zero-order valence-electron chi connectivity index (χ0n) is 19.6. The molecule has 0 bridgehead atoms. The van der Waals surface area contributed by atoms with Crippen molar-refractivity contribution >= 4 is 22.8 Å². The van der Waals surface area contributed by atoms with E-state index in [0.29, 0.717) is 34.7 Å². The van der Waals surface area contributed by atoms with Gasteiger partial charge in [-0.3, -0.25) is 14.6 Å². The van der Waals surface area contributed by atoms with Gasteiger partial charge >= 0.3 is 12.6 Å². The zero-order chi connectivity index (χ0) is 25.2. The molecular formula is C26H26F2N4O4. The monoisotopic (exact) mass is 496 g/mol. The summed E-state index contributed by atoms with van der Waals surface area (Å²) >= 11 is 0. The molecule has 2 atom stereocenters. The molecule has 2 unspecified atom stereocenters. The van der Waals surface area contributed by atoms with Gasteiger partial charge in [0.1, 0.15) is 23.1 Å². The lowest BCUT2D eigenvalue weighted by molar-refractivity contribution is -0.133. The van der Waals surface area contributed by atoms with Gasteiger partial charge in [-0.1, -0.05) is 12.1 Å². The van der Waals surface area contributed by atoms with Crippen LogP contribution in [0.15, 0.2) is 42.5 Å². The number of aromatic amines is 1. The third-order valence-electron chi connectivity index (χ3n) is 7.39. The average molecular weight is 497 g/mol. The van der Waals surface area contributed by atoms with Crippen LogP contribution in [-0.2, 0) is 11.2 Å². The molecule has 188 valence electrons. The number of H-pyrrole nitrogens is 1. The maximum absolute atomic E-state index is 13.7. The minimum absolute atomic E-state index is 0.0161. The fourth-order valence-corrected chi connectivity index (χ4v) is 5.57. The summed E-state index contributed by atoms with van der Waals surface area (Å²) in [5, 5.41) is 14.2. The maximum atomic E-state index is 13.7. The SMILES string of the molecule is CC12Cc3c([nH]c4ccc(OC(F)F)cc34)C(c3cccc(O)c3)N1C(=O)N(CCNC1CC1)C2=O. The summed E-state index contributed by atoms with van der Waals surface area (Å²) in [4.78, 5) is 33.7. The van der Waals surface area contributed by atoms with Crippen molar-refractivity contribution in [3.63, 3.8) is 0 Å². The number of imide groups is 1. The van der Waals surface area contributed by atoms with E-state index < -0.39 is 18.2 Å². The molecule has 2 aromatic carbocycles. The van der Waals surface area contributed by atoms with Gasteiger partial charge in [0.15, 0.2) is 0 Å². The summed E-state index contributed by atoms with van der Waals surface area (Å²) in [6, 6.07) is 10.6. The van der Waals surface area contributed by atoms with Gasteiger partial charge in [-0.2, -0.15) is 8.78 Å². The Morgan fingerprint density at radius 2 is 2.03 bits per heavy atom. The summed E-state index contributed by atoms with van der Waals surface area (Å²) in [6.07, 6.45) is 2.42. The lowest BCUT2D eigenvalue weighted by Crippen LogP contribution is -2.53. The minimum Gasteiger partial charge on any atom is -0.508 e. The van der Waals surface area contributed by atoms with E-state index in [4.69, 9.17) is 0 Å². The van der Waals surface area contributed by atoms with Crippen molar-refractivity contribution < 1.29 is 28.2 Å². The highest BCUT2D eigenvalue weighted by Crippen LogP contribution is 2.49. The molecule has 1 saturated carbocycles. The molecule has 1 aliphatic carbocycles. The molecule has 10 heteroatoms. The standard InChI is InChI=1S/C26H26F2N4O4/c1-26-13-19-18-12-17(36-24(27)28)7-8-20(18)30-21(19)22(14-3-2-4-16(33)11-14)32(26)25(35)31(23(26)34)10-9-29-15-5-6-15/h2-4,7-8,11-12,15,22,24,29-30,33H,5-6,9-10,13H2,1H3. The highest BCUT2D eigenvalue weighted by molar-refractivity contribution is 6.08. The Bertz CT molecular complexity index is 1370. The van der Waals surface area contributed by atoms with Crippen LogP contribution in [0.2, 0.25) is 0 Å². The summed E-state index contributed by atoms with van der Waals surface area (Å²) in [6.45, 7) is -0.435. The van der Waals surface area contributed by atoms with Gasteiger partial charge in [0.2, 0.25) is 0 Å². The Kier molecular flexibility index (Phi) is 5.18. The number of fused-ring (bicyclic) bond motifs is 4. The lowest BCUT2D eigenvalue weighted by atomic mass is 9.81. The molecule has 36 heavy (non-hydrogen) atoms. The molecule has 3 N–H and O–H groups in total. The van der Waals surface area contributed by atoms with E-state index in [0.717, 1.165) is 18.4 Å². The highest BCUT2D eigenvalue weighted by Gasteiger charge is 2.60. The predicted molar refractivity (Wildman–Crippen MR) is 127 cm³/mol. The number of phenolic OH excluding ortho intramolecular Hbond substituents is 1. The number of urea groups is 1. The number of ether oxygens (including phenoxy) is 1. The number of phenols is 1. The Hall–Kier alpha value is -3.66. The molecule has 0 spiro atoms. The van der Waals surface area contributed by atoms with Crippen LogP contribution in [0.5, 0.6) is 11.5 Å². The minimum atomic E-state index is -2.96. The van der Waals surface area contributed by atoms with E-state index in [-0.39, 0.29) is 36.4 Å². The molecule has 6 rings (SSSR count). The lowest BCUT2D eigenvalue weighted by Gasteiger charge is -2.42. The van der Waals surface area contributed by atoms with Gasteiger partial charge < -0.3 is 20.1 Å². The Labute approximate surface area is 205 Å². The van der Waals surface area contributed by atoms with Crippen LogP contribution in [-0.4, -0.2) is 63.1 Å². The van der Waals surface area contributed by atoms with Gasteiger partial charge in [-0.05, 0) is 61.2 Å². The van der Waals surface area contributed by atoms with Crippen LogP contribution in [0.3, 0.4) is 0 Å². The topological polar surface area (TPSA) is 97.9 Å². The molecule has 0 radical (unpaired) electrons. The third-order valence-corrected chi connectivity index (χ3v) is 7.39. The first kappa shape index (κ1) is 22.8. The van der Waals surface area contributed by atoms with Crippen molar-refractivity contribution in [3.05, 3.63) is 59.3 Å². The molecule has 2 aliphatic heterocycles. The molecule has 1 saturated heterocycles. The number of alkyl halides is 2. The maximum Gasteiger partial charge on any atom is 0.387 e. The van der Waals surface area contributed by atoms with Crippen LogP contribution in [0.4, 0.5) is 13.6 Å². The van der Waals surface area contributed by atoms with Gasteiger partial charge in [0, 0.05) is 42.1 Å². The summed E-state index contributed by atoms with van der Waals surface area (Å²) in [5.74, 6) is -0.244. The number of rotatable bonds is 7. The zero-order valence-corrected chi connectivity index (χ0v) is 19.6. The van der Waals surface area contributed by atoms with E-state index in [1.165, 1.54) is 17.0 Å². The summed E-state index contributed by atoms with van der Waals surface area (Å²) in [5.41, 5.74) is 1.57. The van der Waals surface area contributed by atoms with Crippen LogP contribution in [0.1, 0.15) is 42.6 Å². The number of carbonyl (C=O) groups is 2. The van der Waals surface area contributed by atoms with Gasteiger partial charge in [0.05, 0.1) is 0 Å². The van der Waals surface area contributed by atoms with Gasteiger partial charge in [-0.25, -0.2) is 4.79 Å². The second-order valence-electron chi connectivity index (χ2n) is 9.89. The van der Waals surface area contributed by atoms with Crippen LogP contribution < -0.4 is 10.1 Å². The van der Waals surface area contributed by atoms with Gasteiger partial charge in [-0.15, -0.1) is 0 Å². The third kappa shape index (κ3) is 3.59. The first-order valence-electron chi connectivity index (χ1n) is 12.0. The van der Waals surface area contributed by atoms with Crippen LogP contribution in [0.25, 0.3) is 10.9 Å². The highest BCUT2D eigenvalue weighted by atomic mass is 19.3. The van der Waals surface area contributed by atoms with Crippen molar-refractivity contribution in [2.45, 2.75) is 50.4 Å². The largest absolute Gasteiger partial charge is 0.508 e. The number of amides is 3. The molecule has 3 amide bonds. The number of aromatic nitrogens is 1. The first-order valence-corrected chi connectivity index (χ1v) is 12.0. The number of carbonyl (C=O) groups excluding carboxylic acids is 2. The fraction of sp³-hybridized carbons (Fsp3) is 0.385.